The number of hydrogen-bond acceptors (Lipinski definition) is 1. The van der Waals surface area contributed by atoms with Gasteiger partial charge >= 0.3 is 5.97 Å². The summed E-state index contributed by atoms with van der Waals surface area (Å²) >= 11 is 0. The summed E-state index contributed by atoms with van der Waals surface area (Å²) in [6.07, 6.45) is 0.125. The highest BCUT2D eigenvalue weighted by molar-refractivity contribution is 5.72. The number of rotatable bonds is 2. The van der Waals surface area contributed by atoms with Gasteiger partial charge in [-0.05, 0) is 55.5 Å². The van der Waals surface area contributed by atoms with Gasteiger partial charge in [0.05, 0.1) is 6.42 Å². The van der Waals surface area contributed by atoms with Crippen molar-refractivity contribution in [2.24, 2.45) is 0 Å². The van der Waals surface area contributed by atoms with E-state index in [0.29, 0.717) is 0 Å². The van der Waals surface area contributed by atoms with E-state index in [1.807, 2.05) is 27.7 Å². The van der Waals surface area contributed by atoms with Crippen molar-refractivity contribution in [1.29, 1.82) is 0 Å². The Morgan fingerprint density at radius 1 is 1.14 bits per heavy atom. The highest BCUT2D eigenvalue weighted by Crippen LogP contribution is 2.21. The Bertz CT molecular complexity index is 352. The SMILES string of the molecule is Cc1cc(C)c(C)c(CC(=O)O)c1C. The number of carboxylic acids is 1. The van der Waals surface area contributed by atoms with Crippen LogP contribution in [0.1, 0.15) is 27.8 Å². The van der Waals surface area contributed by atoms with E-state index in [2.05, 4.69) is 6.07 Å². The van der Waals surface area contributed by atoms with Gasteiger partial charge in [-0.1, -0.05) is 6.07 Å². The molecule has 0 amide bonds. The fourth-order valence-electron chi connectivity index (χ4n) is 1.71. The van der Waals surface area contributed by atoms with Crippen LogP contribution in [-0.4, -0.2) is 11.1 Å². The van der Waals surface area contributed by atoms with Gasteiger partial charge in [-0.3, -0.25) is 4.79 Å². The third-order valence-electron chi connectivity index (χ3n) is 2.85. The molecule has 0 aliphatic heterocycles. The molecule has 1 aromatic carbocycles. The van der Waals surface area contributed by atoms with E-state index in [9.17, 15) is 4.79 Å². The van der Waals surface area contributed by atoms with Crippen LogP contribution >= 0.6 is 0 Å². The Hall–Kier alpha value is -1.31. The molecule has 0 atom stereocenters. The molecule has 0 radical (unpaired) electrons. The smallest absolute Gasteiger partial charge is 0.307 e. The van der Waals surface area contributed by atoms with E-state index in [0.717, 1.165) is 16.7 Å². The molecule has 0 bridgehead atoms. The van der Waals surface area contributed by atoms with Gasteiger partial charge in [0.1, 0.15) is 0 Å². The van der Waals surface area contributed by atoms with Crippen LogP contribution in [0.15, 0.2) is 6.07 Å². The van der Waals surface area contributed by atoms with Crippen molar-refractivity contribution in [3.05, 3.63) is 33.9 Å². The minimum Gasteiger partial charge on any atom is -0.481 e. The van der Waals surface area contributed by atoms with Gasteiger partial charge in [0.25, 0.3) is 0 Å². The zero-order valence-corrected chi connectivity index (χ0v) is 9.14. The Kier molecular flexibility index (Phi) is 2.94. The number of carboxylic acid groups (broad SMARTS) is 1. The lowest BCUT2D eigenvalue weighted by Crippen LogP contribution is -2.06. The quantitative estimate of drug-likeness (QED) is 0.781. The Morgan fingerprint density at radius 3 is 1.93 bits per heavy atom. The topological polar surface area (TPSA) is 37.3 Å². The zero-order valence-electron chi connectivity index (χ0n) is 9.14. The van der Waals surface area contributed by atoms with E-state index in [1.165, 1.54) is 11.1 Å². The summed E-state index contributed by atoms with van der Waals surface area (Å²) in [7, 11) is 0. The normalized spacial score (nSPS) is 10.3. The van der Waals surface area contributed by atoms with Crippen LogP contribution in [0.4, 0.5) is 0 Å². The average Bonchev–Trinajstić information content (AvgIpc) is 2.09. The molecule has 14 heavy (non-hydrogen) atoms. The highest BCUT2D eigenvalue weighted by Gasteiger charge is 2.10. The van der Waals surface area contributed by atoms with Crippen molar-refractivity contribution >= 4 is 5.97 Å². The number of aryl methyl sites for hydroxylation is 2. The van der Waals surface area contributed by atoms with E-state index in [4.69, 9.17) is 5.11 Å². The molecular formula is C12H16O2. The van der Waals surface area contributed by atoms with E-state index in [-0.39, 0.29) is 6.42 Å². The van der Waals surface area contributed by atoms with Gasteiger partial charge in [-0.25, -0.2) is 0 Å². The summed E-state index contributed by atoms with van der Waals surface area (Å²) < 4.78 is 0. The van der Waals surface area contributed by atoms with E-state index >= 15 is 0 Å². The molecule has 0 fully saturated rings. The molecule has 1 aromatic rings. The van der Waals surface area contributed by atoms with Crippen LogP contribution in [0.5, 0.6) is 0 Å². The molecule has 0 aromatic heterocycles. The van der Waals surface area contributed by atoms with Crippen molar-refractivity contribution < 1.29 is 9.90 Å². The first-order valence-electron chi connectivity index (χ1n) is 4.71. The molecule has 0 saturated heterocycles. The first-order chi connectivity index (χ1) is 6.43. The van der Waals surface area contributed by atoms with E-state index < -0.39 is 5.97 Å². The fourth-order valence-corrected chi connectivity index (χ4v) is 1.71. The zero-order chi connectivity index (χ0) is 10.9. The number of hydrogen-bond donors (Lipinski definition) is 1. The van der Waals surface area contributed by atoms with Gasteiger partial charge in [-0.2, -0.15) is 0 Å². The van der Waals surface area contributed by atoms with Gasteiger partial charge < -0.3 is 5.11 Å². The van der Waals surface area contributed by atoms with Crippen LogP contribution in [-0.2, 0) is 11.2 Å². The maximum absolute atomic E-state index is 10.7. The van der Waals surface area contributed by atoms with Crippen LogP contribution in [0.3, 0.4) is 0 Å². The Labute approximate surface area is 84.6 Å². The summed E-state index contributed by atoms with van der Waals surface area (Å²) in [6, 6.07) is 2.11. The molecule has 1 N–H and O–H groups in total. The molecule has 2 nitrogen and oxygen atoms in total. The van der Waals surface area contributed by atoms with Gasteiger partial charge in [-0.15, -0.1) is 0 Å². The fraction of sp³-hybridized carbons (Fsp3) is 0.417. The maximum atomic E-state index is 10.7. The molecule has 0 spiro atoms. The van der Waals surface area contributed by atoms with Crippen molar-refractivity contribution in [1.82, 2.24) is 0 Å². The predicted octanol–water partition coefficient (Wildman–Crippen LogP) is 2.55. The first kappa shape index (κ1) is 10.8. The van der Waals surface area contributed by atoms with Crippen molar-refractivity contribution in [3.63, 3.8) is 0 Å². The lowest BCUT2D eigenvalue weighted by Gasteiger charge is -2.13. The summed E-state index contributed by atoms with van der Waals surface area (Å²) in [5.41, 5.74) is 5.52. The monoisotopic (exact) mass is 192 g/mol. The van der Waals surface area contributed by atoms with Gasteiger partial charge in [0.15, 0.2) is 0 Å². The second-order valence-corrected chi connectivity index (χ2v) is 3.81. The van der Waals surface area contributed by atoms with Crippen molar-refractivity contribution in [2.45, 2.75) is 34.1 Å². The van der Waals surface area contributed by atoms with Gasteiger partial charge in [0.2, 0.25) is 0 Å². The Morgan fingerprint density at radius 2 is 1.57 bits per heavy atom. The maximum Gasteiger partial charge on any atom is 0.307 e. The standard InChI is InChI=1S/C12H16O2/c1-7-5-8(2)10(4)11(9(7)3)6-12(13)14/h5H,6H2,1-4H3,(H,13,14). The molecule has 0 aliphatic rings. The first-order valence-corrected chi connectivity index (χ1v) is 4.71. The van der Waals surface area contributed by atoms with Crippen LogP contribution < -0.4 is 0 Å². The van der Waals surface area contributed by atoms with Crippen molar-refractivity contribution in [2.75, 3.05) is 0 Å². The third-order valence-corrected chi connectivity index (χ3v) is 2.85. The Balaban J connectivity index is 3.31. The van der Waals surface area contributed by atoms with Crippen LogP contribution in [0, 0.1) is 27.7 Å². The number of aliphatic carboxylic acids is 1. The second-order valence-electron chi connectivity index (χ2n) is 3.81. The molecule has 2 heteroatoms. The lowest BCUT2D eigenvalue weighted by molar-refractivity contribution is -0.136. The summed E-state index contributed by atoms with van der Waals surface area (Å²) in [4.78, 5) is 10.7. The molecular weight excluding hydrogens is 176 g/mol. The minimum atomic E-state index is -0.763. The minimum absolute atomic E-state index is 0.125. The summed E-state index contributed by atoms with van der Waals surface area (Å²) in [5, 5.41) is 8.80. The highest BCUT2D eigenvalue weighted by atomic mass is 16.4. The molecule has 0 aliphatic carbocycles. The lowest BCUT2D eigenvalue weighted by atomic mass is 9.92. The van der Waals surface area contributed by atoms with Crippen LogP contribution in [0.25, 0.3) is 0 Å². The molecule has 76 valence electrons. The molecule has 1 rings (SSSR count). The number of carbonyl (C=O) groups is 1. The largest absolute Gasteiger partial charge is 0.481 e. The van der Waals surface area contributed by atoms with E-state index in [1.54, 1.807) is 0 Å². The summed E-state index contributed by atoms with van der Waals surface area (Å²) in [6.45, 7) is 8.01. The van der Waals surface area contributed by atoms with Crippen LogP contribution in [0.2, 0.25) is 0 Å². The summed E-state index contributed by atoms with van der Waals surface area (Å²) in [5.74, 6) is -0.763. The predicted molar refractivity (Wildman–Crippen MR) is 56.7 cm³/mol. The average molecular weight is 192 g/mol. The van der Waals surface area contributed by atoms with Crippen molar-refractivity contribution in [3.8, 4) is 0 Å². The number of benzene rings is 1. The van der Waals surface area contributed by atoms with Gasteiger partial charge in [0, 0.05) is 0 Å². The molecule has 0 heterocycles. The molecule has 0 unspecified atom stereocenters. The second kappa shape index (κ2) is 3.82. The molecule has 0 saturated carbocycles. The third kappa shape index (κ3) is 1.95.